The van der Waals surface area contributed by atoms with Crippen LogP contribution in [-0.2, 0) is 47.0 Å². The van der Waals surface area contributed by atoms with Crippen molar-refractivity contribution in [3.8, 4) is 0 Å². The first kappa shape index (κ1) is 39.4. The lowest BCUT2D eigenvalue weighted by Crippen LogP contribution is -2.64. The van der Waals surface area contributed by atoms with E-state index in [4.69, 9.17) is 9.47 Å². The van der Waals surface area contributed by atoms with E-state index in [1.807, 2.05) is 44.2 Å². The van der Waals surface area contributed by atoms with Crippen LogP contribution in [0.1, 0.15) is 94.7 Å². The standard InChI is InChI=1S/C41H51N5O9S/c1-40(2)20-9-8-12-27-13-10-14-28-23-45(25-32(27)28)39(51)55-30-22-34-35(47)43-41(37(49)44-56(52,53)31-18-19-31)21-11-16-29(41)15-6-4-3-5-7-17-33(36(48)46(34)24-30)42-38(50)54-26-40/h6,8,10,12-16,21,29-31,33-34H,3-5,7,9,17-20,22-26H2,1-2H3,(H,42,50)(H,43,47)(H,44,49)/b12-8+,15-6-/t29-,30-,33+,34+,41-/m1/s1. The molecule has 0 unspecified atom stereocenters. The van der Waals surface area contributed by atoms with E-state index in [-0.39, 0.29) is 31.4 Å². The summed E-state index contributed by atoms with van der Waals surface area (Å²) >= 11 is 0. The van der Waals surface area contributed by atoms with Gasteiger partial charge in [0.15, 0.2) is 5.54 Å². The van der Waals surface area contributed by atoms with E-state index >= 15 is 0 Å². The summed E-state index contributed by atoms with van der Waals surface area (Å²) in [7, 11) is -3.99. The molecule has 2 fully saturated rings. The number of allylic oxidation sites excluding steroid dienone is 2. The maximum Gasteiger partial charge on any atom is 0.410 e. The van der Waals surface area contributed by atoms with E-state index in [9.17, 15) is 32.4 Å². The third-order valence-corrected chi connectivity index (χ3v) is 13.4. The van der Waals surface area contributed by atoms with E-state index in [2.05, 4.69) is 27.2 Å². The second kappa shape index (κ2) is 15.9. The molecular formula is C41H51N5O9S. The van der Waals surface area contributed by atoms with Gasteiger partial charge in [-0.15, -0.1) is 5.73 Å². The van der Waals surface area contributed by atoms with E-state index in [0.717, 1.165) is 42.4 Å². The van der Waals surface area contributed by atoms with Crippen LogP contribution < -0.4 is 15.4 Å². The molecule has 5 atom stereocenters. The number of ether oxygens (including phenoxy) is 2. The predicted octanol–water partition coefficient (Wildman–Crippen LogP) is 4.36. The minimum absolute atomic E-state index is 0.0980. The molecular weight excluding hydrogens is 739 g/mol. The third kappa shape index (κ3) is 8.58. The lowest BCUT2D eigenvalue weighted by atomic mass is 9.85. The highest BCUT2D eigenvalue weighted by molar-refractivity contribution is 7.91. The zero-order valence-corrected chi connectivity index (χ0v) is 32.8. The van der Waals surface area contributed by atoms with Crippen LogP contribution in [0.3, 0.4) is 0 Å². The van der Waals surface area contributed by atoms with Crippen molar-refractivity contribution in [2.75, 3.05) is 13.2 Å². The minimum atomic E-state index is -3.99. The molecule has 1 aromatic carbocycles. The highest BCUT2D eigenvalue weighted by Gasteiger charge is 2.52. The Morgan fingerprint density at radius 1 is 1.02 bits per heavy atom. The number of amides is 5. The van der Waals surface area contributed by atoms with Gasteiger partial charge in [-0.3, -0.25) is 24.0 Å². The zero-order valence-electron chi connectivity index (χ0n) is 32.0. The van der Waals surface area contributed by atoms with Crippen molar-refractivity contribution in [2.45, 2.75) is 120 Å². The SMILES string of the molecule is CC1(C)CC/C=C/c2cccc3c2CN(C3)C(=O)O[C@@H]2C[C@H]3C(=O)N[C@]4(C(=O)NS(=O)(=O)C5CC5)C=C=C[C@H]4/C=C\CCCCC[C@H](NC(=O)OC1)C(=O)N3C2. The topological polar surface area (TPSA) is 181 Å². The van der Waals surface area contributed by atoms with Gasteiger partial charge in [0.05, 0.1) is 24.9 Å². The van der Waals surface area contributed by atoms with Crippen molar-refractivity contribution < 1.29 is 41.9 Å². The van der Waals surface area contributed by atoms with Crippen molar-refractivity contribution in [2.24, 2.45) is 11.3 Å². The molecule has 6 aliphatic rings. The molecule has 56 heavy (non-hydrogen) atoms. The van der Waals surface area contributed by atoms with Crippen molar-refractivity contribution in [1.82, 2.24) is 25.2 Å². The monoisotopic (exact) mass is 789 g/mol. The first-order valence-electron chi connectivity index (χ1n) is 19.7. The van der Waals surface area contributed by atoms with Crippen molar-refractivity contribution in [3.63, 3.8) is 0 Å². The Balaban J connectivity index is 1.21. The molecule has 5 bridgehead atoms. The molecule has 3 N–H and O–H groups in total. The maximum atomic E-state index is 14.6. The van der Waals surface area contributed by atoms with Gasteiger partial charge in [0.2, 0.25) is 21.8 Å². The van der Waals surface area contributed by atoms with Crippen LogP contribution in [0.25, 0.3) is 6.08 Å². The average molecular weight is 790 g/mol. The summed E-state index contributed by atoms with van der Waals surface area (Å²) < 4.78 is 39.9. The number of cyclic esters (lactones) is 1. The molecule has 1 saturated carbocycles. The van der Waals surface area contributed by atoms with Gasteiger partial charge in [-0.2, -0.15) is 0 Å². The summed E-state index contributed by atoms with van der Waals surface area (Å²) in [5.41, 5.74) is 3.68. The van der Waals surface area contributed by atoms with Crippen molar-refractivity contribution >= 4 is 46.0 Å². The van der Waals surface area contributed by atoms with Crippen LogP contribution in [0.15, 0.2) is 54.3 Å². The van der Waals surface area contributed by atoms with Gasteiger partial charge in [-0.25, -0.2) is 18.0 Å². The second-order valence-electron chi connectivity index (χ2n) is 16.6. The molecule has 1 saturated heterocycles. The van der Waals surface area contributed by atoms with Gasteiger partial charge in [0.25, 0.3) is 5.91 Å². The Hall–Kier alpha value is -4.88. The van der Waals surface area contributed by atoms with Gasteiger partial charge in [-0.1, -0.05) is 69.2 Å². The average Bonchev–Trinajstić information content (AvgIpc) is 3.61. The molecule has 300 valence electrons. The van der Waals surface area contributed by atoms with Crippen LogP contribution in [-0.4, -0.2) is 90.3 Å². The molecule has 1 aromatic rings. The molecule has 4 aliphatic heterocycles. The fourth-order valence-electron chi connectivity index (χ4n) is 8.09. The maximum absolute atomic E-state index is 14.6. The third-order valence-electron chi connectivity index (χ3n) is 11.6. The molecule has 14 nitrogen and oxygen atoms in total. The fraction of sp³-hybridized carbons (Fsp3) is 0.561. The van der Waals surface area contributed by atoms with Crippen molar-refractivity contribution in [3.05, 3.63) is 71.0 Å². The molecule has 7 rings (SSSR count). The highest BCUT2D eigenvalue weighted by Crippen LogP contribution is 2.34. The largest absolute Gasteiger partial charge is 0.449 e. The quantitative estimate of drug-likeness (QED) is 0.296. The fourth-order valence-corrected chi connectivity index (χ4v) is 9.44. The number of benzene rings is 1. The Morgan fingerprint density at radius 2 is 1.84 bits per heavy atom. The summed E-state index contributed by atoms with van der Waals surface area (Å²) in [6, 6.07) is 3.63. The lowest BCUT2D eigenvalue weighted by Gasteiger charge is -2.35. The van der Waals surface area contributed by atoms with Crippen molar-refractivity contribution in [1.29, 1.82) is 0 Å². The molecule has 4 heterocycles. The van der Waals surface area contributed by atoms with E-state index in [1.165, 1.54) is 11.0 Å². The Labute approximate surface area is 327 Å². The van der Waals surface area contributed by atoms with Crippen LogP contribution in [0.2, 0.25) is 0 Å². The Kier molecular flexibility index (Phi) is 11.2. The second-order valence-corrected chi connectivity index (χ2v) is 18.5. The first-order chi connectivity index (χ1) is 26.7. The lowest BCUT2D eigenvalue weighted by molar-refractivity contribution is -0.141. The molecule has 0 spiro atoms. The summed E-state index contributed by atoms with van der Waals surface area (Å²) in [5.74, 6) is -3.01. The first-order valence-corrected chi connectivity index (χ1v) is 21.2. The van der Waals surface area contributed by atoms with Crippen LogP contribution in [0.4, 0.5) is 9.59 Å². The smallest absolute Gasteiger partial charge is 0.410 e. The van der Waals surface area contributed by atoms with E-state index < -0.39 is 74.8 Å². The highest BCUT2D eigenvalue weighted by atomic mass is 32.2. The predicted molar refractivity (Wildman–Crippen MR) is 206 cm³/mol. The molecule has 0 radical (unpaired) electrons. The number of rotatable bonds is 3. The van der Waals surface area contributed by atoms with Crippen LogP contribution in [0.5, 0.6) is 0 Å². The summed E-state index contributed by atoms with van der Waals surface area (Å²) in [6.45, 7) is 4.65. The summed E-state index contributed by atoms with van der Waals surface area (Å²) in [5, 5.41) is 4.89. The number of fused-ring (bicyclic) bond motifs is 4. The van der Waals surface area contributed by atoms with Gasteiger partial charge >= 0.3 is 12.2 Å². The van der Waals surface area contributed by atoms with Gasteiger partial charge in [0.1, 0.15) is 18.2 Å². The Morgan fingerprint density at radius 3 is 2.64 bits per heavy atom. The zero-order chi connectivity index (χ0) is 39.7. The van der Waals surface area contributed by atoms with E-state index in [1.54, 1.807) is 17.1 Å². The van der Waals surface area contributed by atoms with Gasteiger partial charge in [0, 0.05) is 18.9 Å². The van der Waals surface area contributed by atoms with Gasteiger partial charge in [-0.05, 0) is 79.2 Å². The minimum Gasteiger partial charge on any atom is -0.449 e. The molecule has 2 aliphatic carbocycles. The van der Waals surface area contributed by atoms with E-state index in [0.29, 0.717) is 38.8 Å². The molecule has 5 amide bonds. The number of alkyl carbamates (subject to hydrolysis) is 1. The normalized spacial score (nSPS) is 30.9. The Bertz CT molecular complexity index is 2000. The van der Waals surface area contributed by atoms with Gasteiger partial charge < -0.3 is 25.0 Å². The number of carbonyl (C=O) groups is 5. The number of nitrogens with zero attached hydrogens (tertiary/aromatic N) is 2. The number of sulfonamides is 1. The molecule has 0 aromatic heterocycles. The molecule has 15 heteroatoms. The van der Waals surface area contributed by atoms with Crippen LogP contribution >= 0.6 is 0 Å². The number of nitrogens with one attached hydrogen (secondary N) is 3. The number of hydrogen-bond acceptors (Lipinski definition) is 9. The number of carbonyl (C=O) groups excluding carboxylic acids is 5. The summed E-state index contributed by atoms with van der Waals surface area (Å²) in [4.78, 5) is 73.1. The summed E-state index contributed by atoms with van der Waals surface area (Å²) in [6.07, 6.45) is 13.6. The van der Waals surface area contributed by atoms with Crippen LogP contribution in [0, 0.1) is 11.3 Å². The number of hydrogen-bond donors (Lipinski definition) is 3.